The molecule has 1 amide bonds. The van der Waals surface area contributed by atoms with Crippen molar-refractivity contribution in [2.75, 3.05) is 6.54 Å². The molecule has 0 N–H and O–H groups in total. The van der Waals surface area contributed by atoms with Crippen LogP contribution in [0.5, 0.6) is 5.75 Å². The highest BCUT2D eigenvalue weighted by molar-refractivity contribution is 5.87. The number of halogens is 1. The van der Waals surface area contributed by atoms with Crippen molar-refractivity contribution >= 4 is 11.4 Å². The Balaban J connectivity index is 1.43. The van der Waals surface area contributed by atoms with E-state index < -0.39 is 0 Å². The van der Waals surface area contributed by atoms with Crippen LogP contribution in [-0.2, 0) is 11.4 Å². The molecule has 0 spiro atoms. The van der Waals surface area contributed by atoms with Crippen molar-refractivity contribution in [3.63, 3.8) is 0 Å². The number of nitrogens with zero attached hydrogens (tertiary/aromatic N) is 4. The molecule has 1 aliphatic heterocycles. The number of imidazole rings is 1. The summed E-state index contributed by atoms with van der Waals surface area (Å²) >= 11 is 0. The summed E-state index contributed by atoms with van der Waals surface area (Å²) in [6, 6.07) is 13.9. The van der Waals surface area contributed by atoms with Crippen LogP contribution in [0.25, 0.3) is 16.8 Å². The van der Waals surface area contributed by atoms with Crippen molar-refractivity contribution in [3.8, 4) is 17.0 Å². The molecule has 33 heavy (non-hydrogen) atoms. The average molecular weight is 442 g/mol. The van der Waals surface area contributed by atoms with Gasteiger partial charge in [-0.2, -0.15) is 0 Å². The summed E-state index contributed by atoms with van der Waals surface area (Å²) in [6.07, 6.45) is 8.56. The number of likely N-dealkylation sites (tertiary alicyclic amines) is 1. The van der Waals surface area contributed by atoms with E-state index in [1.807, 2.05) is 39.8 Å². The van der Waals surface area contributed by atoms with Crippen LogP contribution in [0.3, 0.4) is 0 Å². The number of aromatic nitrogens is 3. The normalized spacial score (nSPS) is 15.7. The highest BCUT2D eigenvalue weighted by Crippen LogP contribution is 2.35. The minimum atomic E-state index is -0.324. The second kappa shape index (κ2) is 8.86. The van der Waals surface area contributed by atoms with Gasteiger partial charge in [-0.25, -0.2) is 9.37 Å². The lowest BCUT2D eigenvalue weighted by atomic mass is 10.1. The van der Waals surface area contributed by atoms with Crippen molar-refractivity contribution in [2.24, 2.45) is 0 Å². The number of carbonyl (C=O) groups is 1. The molecule has 4 aromatic rings. The van der Waals surface area contributed by atoms with Gasteiger partial charge in [-0.1, -0.05) is 36.9 Å². The second-order valence-corrected chi connectivity index (χ2v) is 7.99. The maximum absolute atomic E-state index is 13.3. The summed E-state index contributed by atoms with van der Waals surface area (Å²) in [6.45, 7) is 4.67. The summed E-state index contributed by atoms with van der Waals surface area (Å²) in [5, 5.41) is 0. The Hall–Kier alpha value is -4.00. The molecule has 2 aromatic heterocycles. The molecule has 1 fully saturated rings. The van der Waals surface area contributed by atoms with E-state index in [9.17, 15) is 9.18 Å². The van der Waals surface area contributed by atoms with Crippen LogP contribution < -0.4 is 4.74 Å². The van der Waals surface area contributed by atoms with E-state index in [2.05, 4.69) is 11.6 Å². The van der Waals surface area contributed by atoms with Crippen molar-refractivity contribution in [2.45, 2.75) is 25.5 Å². The number of fused-ring (bicyclic) bond motifs is 1. The maximum Gasteiger partial charge on any atom is 0.246 e. The molecule has 1 unspecified atom stereocenters. The Labute approximate surface area is 191 Å². The van der Waals surface area contributed by atoms with E-state index in [-0.39, 0.29) is 17.8 Å². The molecule has 2 aromatic carbocycles. The van der Waals surface area contributed by atoms with Crippen LogP contribution in [0.15, 0.2) is 79.8 Å². The fourth-order valence-corrected chi connectivity index (χ4v) is 4.31. The number of carbonyl (C=O) groups excluding carboxylic acids is 1. The first-order valence-electron chi connectivity index (χ1n) is 10.9. The molecule has 7 heteroatoms. The predicted molar refractivity (Wildman–Crippen MR) is 123 cm³/mol. The van der Waals surface area contributed by atoms with Gasteiger partial charge in [-0.3, -0.25) is 14.2 Å². The minimum absolute atomic E-state index is 0.0764. The van der Waals surface area contributed by atoms with Gasteiger partial charge in [0.2, 0.25) is 5.91 Å². The Kier molecular flexibility index (Phi) is 5.60. The lowest BCUT2D eigenvalue weighted by molar-refractivity contribution is -0.127. The van der Waals surface area contributed by atoms with Gasteiger partial charge in [0.05, 0.1) is 23.4 Å². The number of amides is 1. The molecule has 3 heterocycles. The maximum atomic E-state index is 13.3. The minimum Gasteiger partial charge on any atom is -0.489 e. The molecular weight excluding hydrogens is 419 g/mol. The van der Waals surface area contributed by atoms with Crippen LogP contribution in [0.4, 0.5) is 4.39 Å². The first-order valence-corrected chi connectivity index (χ1v) is 10.9. The summed E-state index contributed by atoms with van der Waals surface area (Å²) < 4.78 is 21.0. The van der Waals surface area contributed by atoms with Gasteiger partial charge < -0.3 is 9.64 Å². The monoisotopic (exact) mass is 442 g/mol. The first-order chi connectivity index (χ1) is 16.1. The van der Waals surface area contributed by atoms with E-state index in [1.165, 1.54) is 18.2 Å². The molecule has 1 atom stereocenters. The third-order valence-electron chi connectivity index (χ3n) is 5.91. The Morgan fingerprint density at radius 3 is 2.88 bits per heavy atom. The zero-order valence-electron chi connectivity index (χ0n) is 18.0. The molecular formula is C26H23FN4O2. The number of benzene rings is 2. The third-order valence-corrected chi connectivity index (χ3v) is 5.91. The molecule has 1 saturated heterocycles. The molecule has 0 saturated carbocycles. The van der Waals surface area contributed by atoms with Gasteiger partial charge in [-0.05, 0) is 36.6 Å². The van der Waals surface area contributed by atoms with Gasteiger partial charge in [0.25, 0.3) is 0 Å². The number of hydrogen-bond donors (Lipinski definition) is 0. The second-order valence-electron chi connectivity index (χ2n) is 7.99. The van der Waals surface area contributed by atoms with Gasteiger partial charge in [0.1, 0.15) is 24.0 Å². The van der Waals surface area contributed by atoms with E-state index in [0.29, 0.717) is 18.9 Å². The van der Waals surface area contributed by atoms with Crippen molar-refractivity contribution < 1.29 is 13.9 Å². The largest absolute Gasteiger partial charge is 0.489 e. The van der Waals surface area contributed by atoms with Crippen molar-refractivity contribution in [1.29, 1.82) is 0 Å². The molecule has 0 aliphatic carbocycles. The highest BCUT2D eigenvalue weighted by Gasteiger charge is 2.32. The Morgan fingerprint density at radius 1 is 1.24 bits per heavy atom. The third kappa shape index (κ3) is 4.09. The Morgan fingerprint density at radius 2 is 2.09 bits per heavy atom. The number of ether oxygens (including phenoxy) is 1. The molecule has 166 valence electrons. The SMILES string of the molecule is C=CC(=O)N1CCCC1c1nc(-c2ccc(COc3cccc(F)c3)cc2)c2cnccn12. The van der Waals surface area contributed by atoms with Gasteiger partial charge in [0.15, 0.2) is 0 Å². The van der Waals surface area contributed by atoms with E-state index in [1.54, 1.807) is 24.5 Å². The molecule has 1 aliphatic rings. The molecule has 5 rings (SSSR count). The number of rotatable bonds is 6. The molecule has 0 bridgehead atoms. The lowest BCUT2D eigenvalue weighted by Crippen LogP contribution is -2.29. The summed E-state index contributed by atoms with van der Waals surface area (Å²) in [7, 11) is 0. The van der Waals surface area contributed by atoms with Crippen molar-refractivity contribution in [1.82, 2.24) is 19.3 Å². The highest BCUT2D eigenvalue weighted by atomic mass is 19.1. The Bertz CT molecular complexity index is 1320. The lowest BCUT2D eigenvalue weighted by Gasteiger charge is -2.22. The van der Waals surface area contributed by atoms with Crippen LogP contribution >= 0.6 is 0 Å². The fourth-order valence-electron chi connectivity index (χ4n) is 4.31. The van der Waals surface area contributed by atoms with E-state index in [0.717, 1.165) is 41.0 Å². The molecule has 0 radical (unpaired) electrons. The van der Waals surface area contributed by atoms with Crippen molar-refractivity contribution in [3.05, 3.63) is 97.0 Å². The summed E-state index contributed by atoms with van der Waals surface area (Å²) in [5.74, 6) is 0.917. The summed E-state index contributed by atoms with van der Waals surface area (Å²) in [5.41, 5.74) is 3.60. The predicted octanol–water partition coefficient (Wildman–Crippen LogP) is 4.96. The van der Waals surface area contributed by atoms with Gasteiger partial charge in [0, 0.05) is 30.6 Å². The van der Waals surface area contributed by atoms with Gasteiger partial charge >= 0.3 is 0 Å². The topological polar surface area (TPSA) is 59.7 Å². The number of hydrogen-bond acceptors (Lipinski definition) is 4. The fraction of sp³-hybridized carbons (Fsp3) is 0.192. The summed E-state index contributed by atoms with van der Waals surface area (Å²) in [4.78, 5) is 23.4. The van der Waals surface area contributed by atoms with E-state index in [4.69, 9.17) is 9.72 Å². The zero-order chi connectivity index (χ0) is 22.8. The average Bonchev–Trinajstić information content (AvgIpc) is 3.48. The zero-order valence-corrected chi connectivity index (χ0v) is 18.0. The quantitative estimate of drug-likeness (QED) is 0.396. The van der Waals surface area contributed by atoms with Crippen LogP contribution in [0, 0.1) is 5.82 Å². The standard InChI is InChI=1S/C26H23FN4O2/c1-2-24(32)30-13-4-7-22(30)26-29-25(23-16-28-12-14-31(23)26)19-10-8-18(9-11-19)17-33-21-6-3-5-20(27)15-21/h2-3,5-6,8-12,14-16,22H,1,4,7,13,17H2. The van der Waals surface area contributed by atoms with E-state index >= 15 is 0 Å². The van der Waals surface area contributed by atoms with Crippen LogP contribution in [0.2, 0.25) is 0 Å². The van der Waals surface area contributed by atoms with Crippen LogP contribution in [0.1, 0.15) is 30.3 Å². The smallest absolute Gasteiger partial charge is 0.246 e. The van der Waals surface area contributed by atoms with Crippen LogP contribution in [-0.4, -0.2) is 31.7 Å². The molecule has 6 nitrogen and oxygen atoms in total. The van der Waals surface area contributed by atoms with Gasteiger partial charge in [-0.15, -0.1) is 0 Å². The first kappa shape index (κ1) is 20.9.